The molecule has 0 atom stereocenters. The van der Waals surface area contributed by atoms with Crippen LogP contribution in [-0.2, 0) is 13.5 Å². The lowest BCUT2D eigenvalue weighted by Gasteiger charge is -2.18. The number of aromatic nitrogens is 4. The minimum atomic E-state index is -0.0381. The van der Waals surface area contributed by atoms with Gasteiger partial charge in [0.15, 0.2) is 5.65 Å². The second-order valence-electron chi connectivity index (χ2n) is 8.31. The van der Waals surface area contributed by atoms with Crippen molar-refractivity contribution in [2.75, 3.05) is 13.6 Å². The fraction of sp³-hybridized carbons (Fsp3) is 0.231. The first-order chi connectivity index (χ1) is 16.5. The second kappa shape index (κ2) is 9.23. The molecule has 0 unspecified atom stereocenters. The zero-order valence-electron chi connectivity index (χ0n) is 19.4. The molecule has 0 aliphatic carbocycles. The van der Waals surface area contributed by atoms with Gasteiger partial charge in [0.2, 0.25) is 0 Å². The van der Waals surface area contributed by atoms with E-state index in [9.17, 15) is 4.79 Å². The number of hydrogen-bond donors (Lipinski definition) is 0. The number of fused-ring (bicyclic) bond motifs is 1. The Bertz CT molecular complexity index is 1440. The van der Waals surface area contributed by atoms with E-state index in [0.717, 1.165) is 50.7 Å². The Morgan fingerprint density at radius 3 is 2.71 bits per heavy atom. The third kappa shape index (κ3) is 4.24. The normalized spacial score (nSPS) is 11.3. The van der Waals surface area contributed by atoms with Gasteiger partial charge in [0.1, 0.15) is 11.5 Å². The molecule has 0 aliphatic rings. The van der Waals surface area contributed by atoms with Crippen molar-refractivity contribution < 1.29 is 9.32 Å². The number of carbonyl (C=O) groups is 1. The molecule has 0 saturated heterocycles. The molecular weight excluding hydrogens is 446 g/mol. The standard InChI is InChI=1S/C26H25N5O2S/c1-17-24-20(16-22(23-12-8-14-34-23)27-25(24)31(3)28-17)26(32)30(2)13-7-11-19-15-21(29-33-19)18-9-5-4-6-10-18/h4-6,8-10,12,14-16H,7,11,13H2,1-3H3. The maximum absolute atomic E-state index is 13.5. The molecule has 5 aromatic rings. The molecule has 4 heterocycles. The van der Waals surface area contributed by atoms with Gasteiger partial charge in [0.25, 0.3) is 5.91 Å². The summed E-state index contributed by atoms with van der Waals surface area (Å²) < 4.78 is 7.25. The minimum absolute atomic E-state index is 0.0381. The molecule has 0 fully saturated rings. The lowest BCUT2D eigenvalue weighted by Crippen LogP contribution is -2.28. The van der Waals surface area contributed by atoms with Crippen LogP contribution in [0.4, 0.5) is 0 Å². The number of thiophene rings is 1. The average molecular weight is 472 g/mol. The zero-order chi connectivity index (χ0) is 23.7. The molecule has 4 aromatic heterocycles. The van der Waals surface area contributed by atoms with E-state index in [4.69, 9.17) is 9.51 Å². The third-order valence-corrected chi connectivity index (χ3v) is 6.76. The van der Waals surface area contributed by atoms with Gasteiger partial charge in [0, 0.05) is 38.7 Å². The first-order valence-corrected chi connectivity index (χ1v) is 12.0. The van der Waals surface area contributed by atoms with E-state index in [0.29, 0.717) is 18.5 Å². The van der Waals surface area contributed by atoms with Crippen LogP contribution in [0.5, 0.6) is 0 Å². The maximum atomic E-state index is 13.5. The summed E-state index contributed by atoms with van der Waals surface area (Å²) in [5, 5.41) is 11.5. The lowest BCUT2D eigenvalue weighted by atomic mass is 10.1. The Morgan fingerprint density at radius 2 is 1.94 bits per heavy atom. The van der Waals surface area contributed by atoms with E-state index in [-0.39, 0.29) is 5.91 Å². The van der Waals surface area contributed by atoms with Crippen LogP contribution in [-0.4, -0.2) is 44.3 Å². The number of pyridine rings is 1. The summed E-state index contributed by atoms with van der Waals surface area (Å²) in [6.07, 6.45) is 1.47. The van der Waals surface area contributed by atoms with Crippen molar-refractivity contribution >= 4 is 28.3 Å². The SMILES string of the molecule is Cc1nn(C)c2nc(-c3cccs3)cc(C(=O)N(C)CCCc3cc(-c4ccccc4)no3)c12. The molecule has 0 saturated carbocycles. The Kier molecular flexibility index (Phi) is 5.98. The number of carbonyl (C=O) groups excluding carboxylic acids is 1. The second-order valence-corrected chi connectivity index (χ2v) is 9.26. The number of benzene rings is 1. The monoisotopic (exact) mass is 471 g/mol. The molecule has 5 rings (SSSR count). The van der Waals surface area contributed by atoms with E-state index in [2.05, 4.69) is 10.3 Å². The van der Waals surface area contributed by atoms with Crippen LogP contribution in [0.25, 0.3) is 32.9 Å². The van der Waals surface area contributed by atoms with Gasteiger partial charge < -0.3 is 9.42 Å². The summed E-state index contributed by atoms with van der Waals surface area (Å²) in [4.78, 5) is 21.1. The van der Waals surface area contributed by atoms with Gasteiger partial charge in [-0.25, -0.2) is 4.98 Å². The summed E-state index contributed by atoms with van der Waals surface area (Å²) in [5.74, 6) is 0.776. The van der Waals surface area contributed by atoms with Crippen LogP contribution in [0.1, 0.15) is 28.2 Å². The van der Waals surface area contributed by atoms with Gasteiger partial charge >= 0.3 is 0 Å². The highest BCUT2D eigenvalue weighted by atomic mass is 32.1. The fourth-order valence-electron chi connectivity index (χ4n) is 4.14. The van der Waals surface area contributed by atoms with Crippen LogP contribution >= 0.6 is 11.3 Å². The lowest BCUT2D eigenvalue weighted by molar-refractivity contribution is 0.0794. The maximum Gasteiger partial charge on any atom is 0.254 e. The van der Waals surface area contributed by atoms with Crippen molar-refractivity contribution in [2.45, 2.75) is 19.8 Å². The molecule has 1 aromatic carbocycles. The smallest absolute Gasteiger partial charge is 0.254 e. The van der Waals surface area contributed by atoms with Crippen molar-refractivity contribution in [3.05, 3.63) is 77.0 Å². The average Bonchev–Trinajstić information content (AvgIpc) is 3.60. The van der Waals surface area contributed by atoms with E-state index >= 15 is 0 Å². The third-order valence-electron chi connectivity index (χ3n) is 5.86. The first-order valence-electron chi connectivity index (χ1n) is 11.2. The number of amides is 1. The van der Waals surface area contributed by atoms with Gasteiger partial charge in [0.05, 0.1) is 27.2 Å². The Morgan fingerprint density at radius 1 is 1.12 bits per heavy atom. The number of rotatable bonds is 7. The predicted molar refractivity (Wildman–Crippen MR) is 134 cm³/mol. The molecule has 0 aliphatic heterocycles. The number of aryl methyl sites for hydroxylation is 3. The molecule has 1 amide bonds. The highest BCUT2D eigenvalue weighted by Crippen LogP contribution is 2.30. The van der Waals surface area contributed by atoms with Crippen molar-refractivity contribution in [1.29, 1.82) is 0 Å². The molecule has 34 heavy (non-hydrogen) atoms. The van der Waals surface area contributed by atoms with Gasteiger partial charge in [-0.05, 0) is 30.9 Å². The fourth-order valence-corrected chi connectivity index (χ4v) is 4.82. The van der Waals surface area contributed by atoms with Crippen molar-refractivity contribution in [1.82, 2.24) is 24.8 Å². The van der Waals surface area contributed by atoms with Crippen LogP contribution in [0, 0.1) is 6.92 Å². The Balaban J connectivity index is 1.32. The minimum Gasteiger partial charge on any atom is -0.361 e. The topological polar surface area (TPSA) is 77.1 Å². The zero-order valence-corrected chi connectivity index (χ0v) is 20.2. The molecule has 0 spiro atoms. The number of hydrogen-bond acceptors (Lipinski definition) is 6. The molecule has 7 nitrogen and oxygen atoms in total. The van der Waals surface area contributed by atoms with E-state index in [1.807, 2.05) is 81.0 Å². The highest BCUT2D eigenvalue weighted by molar-refractivity contribution is 7.13. The molecule has 0 radical (unpaired) electrons. The summed E-state index contributed by atoms with van der Waals surface area (Å²) in [6, 6.07) is 17.8. The van der Waals surface area contributed by atoms with Crippen LogP contribution in [0.15, 0.2) is 64.5 Å². The van der Waals surface area contributed by atoms with E-state index < -0.39 is 0 Å². The van der Waals surface area contributed by atoms with Crippen LogP contribution in [0.2, 0.25) is 0 Å². The van der Waals surface area contributed by atoms with Gasteiger partial charge in [-0.2, -0.15) is 5.10 Å². The molecule has 0 bridgehead atoms. The highest BCUT2D eigenvalue weighted by Gasteiger charge is 2.22. The van der Waals surface area contributed by atoms with Gasteiger partial charge in [-0.15, -0.1) is 11.3 Å². The van der Waals surface area contributed by atoms with Gasteiger partial charge in [-0.1, -0.05) is 41.6 Å². The van der Waals surface area contributed by atoms with E-state index in [1.165, 1.54) is 0 Å². The Labute approximate surface area is 201 Å². The summed E-state index contributed by atoms with van der Waals surface area (Å²) in [7, 11) is 3.69. The van der Waals surface area contributed by atoms with Crippen LogP contribution in [0.3, 0.4) is 0 Å². The van der Waals surface area contributed by atoms with E-state index in [1.54, 1.807) is 20.9 Å². The van der Waals surface area contributed by atoms with Crippen molar-refractivity contribution in [3.8, 4) is 21.8 Å². The molecule has 0 N–H and O–H groups in total. The number of nitrogens with zero attached hydrogens (tertiary/aromatic N) is 5. The summed E-state index contributed by atoms with van der Waals surface area (Å²) in [5.41, 5.74) is 4.79. The summed E-state index contributed by atoms with van der Waals surface area (Å²) >= 11 is 1.60. The molecule has 8 heteroatoms. The first kappa shape index (κ1) is 22.0. The van der Waals surface area contributed by atoms with Crippen molar-refractivity contribution in [3.63, 3.8) is 0 Å². The largest absolute Gasteiger partial charge is 0.361 e. The summed E-state index contributed by atoms with van der Waals surface area (Å²) in [6.45, 7) is 2.51. The predicted octanol–water partition coefficient (Wildman–Crippen LogP) is 5.37. The molecule has 172 valence electrons. The Hall–Kier alpha value is -3.78. The van der Waals surface area contributed by atoms with Gasteiger partial charge in [-0.3, -0.25) is 9.48 Å². The quantitative estimate of drug-likeness (QED) is 0.319. The van der Waals surface area contributed by atoms with Crippen LogP contribution < -0.4 is 0 Å². The van der Waals surface area contributed by atoms with Crippen molar-refractivity contribution in [2.24, 2.45) is 7.05 Å². The molecular formula is C26H25N5O2S.